The predicted molar refractivity (Wildman–Crippen MR) is 61.5 cm³/mol. The lowest BCUT2D eigenvalue weighted by Gasteiger charge is -2.10. The van der Waals surface area contributed by atoms with Crippen molar-refractivity contribution in [1.29, 1.82) is 0 Å². The van der Waals surface area contributed by atoms with E-state index in [1.807, 2.05) is 39.8 Å². The molecule has 0 aliphatic carbocycles. The Labute approximate surface area is 91.3 Å². The number of rotatable bonds is 4. The van der Waals surface area contributed by atoms with E-state index in [1.54, 1.807) is 0 Å². The summed E-state index contributed by atoms with van der Waals surface area (Å²) in [5, 5.41) is 0. The summed E-state index contributed by atoms with van der Waals surface area (Å²) in [6, 6.07) is 4.07. The van der Waals surface area contributed by atoms with Crippen LogP contribution in [0, 0.1) is 20.8 Å². The number of hydrogen-bond donors (Lipinski definition) is 0. The SMILES string of the molecule is CCOCC(=O)c1c(C)cc(C)cc1C. The van der Waals surface area contributed by atoms with Crippen LogP contribution in [0.15, 0.2) is 12.1 Å². The second-order valence-electron chi connectivity index (χ2n) is 3.83. The third-order valence-corrected chi connectivity index (χ3v) is 2.39. The van der Waals surface area contributed by atoms with E-state index in [0.717, 1.165) is 16.7 Å². The third-order valence-electron chi connectivity index (χ3n) is 2.39. The Morgan fingerprint density at radius 1 is 1.20 bits per heavy atom. The van der Waals surface area contributed by atoms with Crippen molar-refractivity contribution in [3.05, 3.63) is 34.4 Å². The molecule has 0 bridgehead atoms. The monoisotopic (exact) mass is 206 g/mol. The summed E-state index contributed by atoms with van der Waals surface area (Å²) in [6.45, 7) is 8.63. The second-order valence-corrected chi connectivity index (χ2v) is 3.83. The van der Waals surface area contributed by atoms with Gasteiger partial charge in [0.05, 0.1) is 0 Å². The van der Waals surface area contributed by atoms with Gasteiger partial charge in [-0.25, -0.2) is 0 Å². The maximum absolute atomic E-state index is 11.8. The fourth-order valence-corrected chi connectivity index (χ4v) is 1.89. The zero-order valence-corrected chi connectivity index (χ0v) is 9.89. The van der Waals surface area contributed by atoms with Gasteiger partial charge < -0.3 is 4.74 Å². The molecule has 0 aromatic heterocycles. The van der Waals surface area contributed by atoms with Crippen molar-refractivity contribution in [3.63, 3.8) is 0 Å². The van der Waals surface area contributed by atoms with Crippen molar-refractivity contribution in [2.75, 3.05) is 13.2 Å². The van der Waals surface area contributed by atoms with Gasteiger partial charge in [-0.1, -0.05) is 17.7 Å². The van der Waals surface area contributed by atoms with Gasteiger partial charge in [0.15, 0.2) is 5.78 Å². The van der Waals surface area contributed by atoms with Crippen LogP contribution in [0.4, 0.5) is 0 Å². The topological polar surface area (TPSA) is 26.3 Å². The van der Waals surface area contributed by atoms with Crippen molar-refractivity contribution in [3.8, 4) is 0 Å². The molecule has 1 rings (SSSR count). The highest BCUT2D eigenvalue weighted by Crippen LogP contribution is 2.16. The molecule has 2 heteroatoms. The maximum atomic E-state index is 11.8. The molecule has 0 radical (unpaired) electrons. The lowest BCUT2D eigenvalue weighted by molar-refractivity contribution is 0.0782. The highest BCUT2D eigenvalue weighted by Gasteiger charge is 2.12. The van der Waals surface area contributed by atoms with Gasteiger partial charge in [-0.2, -0.15) is 0 Å². The number of ketones is 1. The first-order valence-corrected chi connectivity index (χ1v) is 5.25. The molecule has 1 aromatic rings. The molecule has 0 saturated heterocycles. The Balaban J connectivity index is 2.98. The molecule has 0 aliphatic heterocycles. The number of hydrogen-bond acceptors (Lipinski definition) is 2. The zero-order chi connectivity index (χ0) is 11.4. The smallest absolute Gasteiger partial charge is 0.188 e. The van der Waals surface area contributed by atoms with Gasteiger partial charge in [-0.3, -0.25) is 4.79 Å². The van der Waals surface area contributed by atoms with Crippen LogP contribution in [0.3, 0.4) is 0 Å². The predicted octanol–water partition coefficient (Wildman–Crippen LogP) is 2.83. The highest BCUT2D eigenvalue weighted by molar-refractivity contribution is 5.99. The molecule has 0 unspecified atom stereocenters. The van der Waals surface area contributed by atoms with Crippen LogP contribution in [0.25, 0.3) is 0 Å². The van der Waals surface area contributed by atoms with Crippen molar-refractivity contribution < 1.29 is 9.53 Å². The first kappa shape index (κ1) is 11.9. The van der Waals surface area contributed by atoms with E-state index in [2.05, 4.69) is 0 Å². The standard InChI is InChI=1S/C13H18O2/c1-5-15-8-12(14)13-10(3)6-9(2)7-11(13)4/h6-7H,5,8H2,1-4H3. The zero-order valence-electron chi connectivity index (χ0n) is 9.89. The van der Waals surface area contributed by atoms with E-state index in [9.17, 15) is 4.79 Å². The van der Waals surface area contributed by atoms with E-state index >= 15 is 0 Å². The minimum Gasteiger partial charge on any atom is -0.374 e. The molecule has 0 fully saturated rings. The first-order chi connectivity index (χ1) is 7.06. The average molecular weight is 206 g/mol. The fraction of sp³-hybridized carbons (Fsp3) is 0.462. The number of Topliss-reactive ketones (excluding diaryl/α,β-unsaturated/α-hetero) is 1. The van der Waals surface area contributed by atoms with E-state index in [0.29, 0.717) is 6.61 Å². The molecular formula is C13H18O2. The van der Waals surface area contributed by atoms with Gasteiger partial charge >= 0.3 is 0 Å². The Bertz CT molecular complexity index is 344. The molecular weight excluding hydrogens is 188 g/mol. The summed E-state index contributed by atoms with van der Waals surface area (Å²) in [7, 11) is 0. The van der Waals surface area contributed by atoms with Crippen LogP contribution in [-0.2, 0) is 4.74 Å². The van der Waals surface area contributed by atoms with Crippen LogP contribution in [0.2, 0.25) is 0 Å². The van der Waals surface area contributed by atoms with E-state index < -0.39 is 0 Å². The molecule has 0 amide bonds. The lowest BCUT2D eigenvalue weighted by atomic mass is 9.97. The van der Waals surface area contributed by atoms with Crippen LogP contribution < -0.4 is 0 Å². The van der Waals surface area contributed by atoms with Gasteiger partial charge in [0, 0.05) is 12.2 Å². The normalized spacial score (nSPS) is 10.4. The summed E-state index contributed by atoms with van der Waals surface area (Å²) >= 11 is 0. The first-order valence-electron chi connectivity index (χ1n) is 5.25. The number of ether oxygens (including phenoxy) is 1. The van der Waals surface area contributed by atoms with Crippen molar-refractivity contribution >= 4 is 5.78 Å². The van der Waals surface area contributed by atoms with Crippen molar-refractivity contribution in [2.24, 2.45) is 0 Å². The van der Waals surface area contributed by atoms with Gasteiger partial charge in [0.25, 0.3) is 0 Å². The van der Waals surface area contributed by atoms with Crippen LogP contribution in [0.5, 0.6) is 0 Å². The van der Waals surface area contributed by atoms with Crippen LogP contribution in [-0.4, -0.2) is 19.0 Å². The lowest BCUT2D eigenvalue weighted by Crippen LogP contribution is -2.12. The molecule has 0 N–H and O–H groups in total. The number of benzene rings is 1. The van der Waals surface area contributed by atoms with Gasteiger partial charge in [0.2, 0.25) is 0 Å². The Hall–Kier alpha value is -1.15. The van der Waals surface area contributed by atoms with Crippen LogP contribution >= 0.6 is 0 Å². The summed E-state index contributed by atoms with van der Waals surface area (Å²) in [4.78, 5) is 11.8. The Kier molecular flexibility index (Phi) is 4.04. The van der Waals surface area contributed by atoms with Gasteiger partial charge in [0.1, 0.15) is 6.61 Å². The Morgan fingerprint density at radius 3 is 2.20 bits per heavy atom. The summed E-state index contributed by atoms with van der Waals surface area (Å²) < 4.78 is 5.14. The maximum Gasteiger partial charge on any atom is 0.188 e. The third kappa shape index (κ3) is 2.90. The molecule has 0 atom stereocenters. The van der Waals surface area contributed by atoms with Gasteiger partial charge in [-0.15, -0.1) is 0 Å². The molecule has 0 heterocycles. The minimum atomic E-state index is 0.0758. The number of carbonyl (C=O) groups excluding carboxylic acids is 1. The Morgan fingerprint density at radius 2 is 1.73 bits per heavy atom. The molecule has 0 spiro atoms. The van der Waals surface area contributed by atoms with E-state index in [4.69, 9.17) is 4.74 Å². The second kappa shape index (κ2) is 5.08. The van der Waals surface area contributed by atoms with E-state index in [-0.39, 0.29) is 12.4 Å². The van der Waals surface area contributed by atoms with Crippen LogP contribution in [0.1, 0.15) is 34.0 Å². The van der Waals surface area contributed by atoms with Gasteiger partial charge in [-0.05, 0) is 38.8 Å². The molecule has 0 saturated carbocycles. The summed E-state index contributed by atoms with van der Waals surface area (Å²) in [6.07, 6.45) is 0. The minimum absolute atomic E-state index is 0.0758. The fourth-order valence-electron chi connectivity index (χ4n) is 1.89. The molecule has 2 nitrogen and oxygen atoms in total. The summed E-state index contributed by atoms with van der Waals surface area (Å²) in [5.74, 6) is 0.0758. The van der Waals surface area contributed by atoms with Crippen molar-refractivity contribution in [2.45, 2.75) is 27.7 Å². The summed E-state index contributed by atoms with van der Waals surface area (Å²) in [5.41, 5.74) is 4.08. The molecule has 82 valence electrons. The molecule has 0 aliphatic rings. The quantitative estimate of drug-likeness (QED) is 0.708. The molecule has 1 aromatic carbocycles. The largest absolute Gasteiger partial charge is 0.374 e. The number of aryl methyl sites for hydroxylation is 3. The highest BCUT2D eigenvalue weighted by atomic mass is 16.5. The van der Waals surface area contributed by atoms with E-state index in [1.165, 1.54) is 5.56 Å². The average Bonchev–Trinajstić information content (AvgIpc) is 2.12. The molecule has 15 heavy (non-hydrogen) atoms. The van der Waals surface area contributed by atoms with Crippen molar-refractivity contribution in [1.82, 2.24) is 0 Å². The number of carbonyl (C=O) groups is 1.